The van der Waals surface area contributed by atoms with Gasteiger partial charge in [0.1, 0.15) is 0 Å². The lowest BCUT2D eigenvalue weighted by molar-refractivity contribution is -0.126. The van der Waals surface area contributed by atoms with Gasteiger partial charge in [-0.05, 0) is 54.2 Å². The first kappa shape index (κ1) is 18.6. The fraction of sp³-hybridized carbons (Fsp3) is 0.368. The highest BCUT2D eigenvalue weighted by molar-refractivity contribution is 6.42. The van der Waals surface area contributed by atoms with Crippen LogP contribution in [-0.2, 0) is 4.79 Å². The number of benzene rings is 1. The molecule has 2 fully saturated rings. The number of anilines is 1. The Morgan fingerprint density at radius 2 is 1.96 bits per heavy atom. The summed E-state index contributed by atoms with van der Waals surface area (Å²) in [6.45, 7) is 0. The molecule has 8 heteroatoms. The summed E-state index contributed by atoms with van der Waals surface area (Å²) in [5, 5.41) is 24.2. The highest BCUT2D eigenvalue weighted by atomic mass is 35.5. The largest absolute Gasteiger partial charge is 0.393 e. The summed E-state index contributed by atoms with van der Waals surface area (Å²) in [5.41, 5.74) is 0.988. The average molecular weight is 411 g/mol. The molecule has 2 aromatic rings. The Bertz CT molecular complexity index is 897. The molecule has 5 nitrogen and oxygen atoms in total. The summed E-state index contributed by atoms with van der Waals surface area (Å²) >= 11 is 11.9. The number of fused-ring (bicyclic) bond motifs is 1. The number of nitrogens with one attached hydrogen (secondary N) is 1. The van der Waals surface area contributed by atoms with Crippen molar-refractivity contribution in [1.82, 2.24) is 4.98 Å². The summed E-state index contributed by atoms with van der Waals surface area (Å²) in [4.78, 5) is 16.5. The maximum absolute atomic E-state index is 13.7. The van der Waals surface area contributed by atoms with E-state index >= 15 is 0 Å². The molecular formula is C19H17Cl2FN2O3. The minimum atomic E-state index is -0.951. The topological polar surface area (TPSA) is 82.5 Å². The number of pyridine rings is 1. The SMILES string of the molecule is O=C(Nc1ccc(Cl)c(Cl)c1)[C@@H]1[C@H](c2ccnc(F)c2)[C@@H]2[C@@H](O)[C@@H]2C[C@@H]1O. The number of carbonyl (C=O) groups is 1. The number of rotatable bonds is 3. The first-order chi connectivity index (χ1) is 12.9. The van der Waals surface area contributed by atoms with Gasteiger partial charge in [-0.25, -0.2) is 4.98 Å². The van der Waals surface area contributed by atoms with E-state index in [1.165, 1.54) is 18.3 Å². The van der Waals surface area contributed by atoms with Crippen LogP contribution in [0.2, 0.25) is 10.0 Å². The Morgan fingerprint density at radius 3 is 2.67 bits per heavy atom. The number of nitrogens with zero attached hydrogens (tertiary/aromatic N) is 1. The van der Waals surface area contributed by atoms with E-state index in [4.69, 9.17) is 23.2 Å². The molecule has 1 amide bonds. The molecule has 142 valence electrons. The molecule has 27 heavy (non-hydrogen) atoms. The smallest absolute Gasteiger partial charge is 0.230 e. The third kappa shape index (κ3) is 3.43. The molecule has 2 saturated carbocycles. The number of aliphatic hydroxyl groups is 2. The number of halogens is 3. The molecule has 0 radical (unpaired) electrons. The van der Waals surface area contributed by atoms with Crippen LogP contribution in [0.4, 0.5) is 10.1 Å². The van der Waals surface area contributed by atoms with Crippen molar-refractivity contribution in [2.75, 3.05) is 5.32 Å². The predicted molar refractivity (Wildman–Crippen MR) is 99.1 cm³/mol. The number of aromatic nitrogens is 1. The number of hydrogen-bond donors (Lipinski definition) is 3. The molecule has 0 spiro atoms. The van der Waals surface area contributed by atoms with Crippen LogP contribution in [0, 0.1) is 23.7 Å². The van der Waals surface area contributed by atoms with Crippen molar-refractivity contribution in [3.8, 4) is 0 Å². The lowest BCUT2D eigenvalue weighted by atomic mass is 9.73. The molecule has 0 saturated heterocycles. The van der Waals surface area contributed by atoms with Gasteiger partial charge in [0.05, 0.1) is 28.2 Å². The highest BCUT2D eigenvalue weighted by Gasteiger charge is 2.62. The summed E-state index contributed by atoms with van der Waals surface area (Å²) in [6, 6.07) is 7.56. The quantitative estimate of drug-likeness (QED) is 0.678. The number of carbonyl (C=O) groups excluding carboxylic acids is 1. The zero-order valence-corrected chi connectivity index (χ0v) is 15.5. The van der Waals surface area contributed by atoms with Crippen LogP contribution in [0.15, 0.2) is 36.5 Å². The van der Waals surface area contributed by atoms with Crippen molar-refractivity contribution in [3.05, 3.63) is 58.1 Å². The van der Waals surface area contributed by atoms with E-state index < -0.39 is 35.9 Å². The lowest BCUT2D eigenvalue weighted by Crippen LogP contribution is -2.41. The van der Waals surface area contributed by atoms with E-state index in [1.54, 1.807) is 18.2 Å². The van der Waals surface area contributed by atoms with E-state index in [1.807, 2.05) is 0 Å². The summed E-state index contributed by atoms with van der Waals surface area (Å²) < 4.78 is 13.7. The van der Waals surface area contributed by atoms with Gasteiger partial charge in [-0.1, -0.05) is 23.2 Å². The van der Waals surface area contributed by atoms with E-state index in [9.17, 15) is 19.4 Å². The van der Waals surface area contributed by atoms with Gasteiger partial charge < -0.3 is 15.5 Å². The maximum atomic E-state index is 13.7. The third-order valence-corrected chi connectivity index (χ3v) is 6.28. The zero-order valence-electron chi connectivity index (χ0n) is 14.0. The first-order valence-corrected chi connectivity index (χ1v) is 9.36. The number of amides is 1. The van der Waals surface area contributed by atoms with Gasteiger partial charge in [0.2, 0.25) is 11.9 Å². The van der Waals surface area contributed by atoms with Gasteiger partial charge in [0.25, 0.3) is 0 Å². The van der Waals surface area contributed by atoms with Crippen LogP contribution in [0.5, 0.6) is 0 Å². The van der Waals surface area contributed by atoms with Crippen molar-refractivity contribution < 1.29 is 19.4 Å². The maximum Gasteiger partial charge on any atom is 0.230 e. The summed E-state index contributed by atoms with van der Waals surface area (Å²) in [5.74, 6) is -2.70. The molecule has 2 aliphatic carbocycles. The highest BCUT2D eigenvalue weighted by Crippen LogP contribution is 2.59. The molecular weight excluding hydrogens is 394 g/mol. The molecule has 0 bridgehead atoms. The molecule has 1 heterocycles. The minimum Gasteiger partial charge on any atom is -0.393 e. The van der Waals surface area contributed by atoms with Crippen molar-refractivity contribution in [3.63, 3.8) is 0 Å². The fourth-order valence-corrected chi connectivity index (χ4v) is 4.55. The molecule has 2 aliphatic rings. The van der Waals surface area contributed by atoms with E-state index in [-0.39, 0.29) is 11.8 Å². The molecule has 3 N–H and O–H groups in total. The Morgan fingerprint density at radius 1 is 1.19 bits per heavy atom. The Balaban J connectivity index is 1.65. The van der Waals surface area contributed by atoms with E-state index in [0.717, 1.165) is 0 Å². The molecule has 6 atom stereocenters. The molecule has 0 unspecified atom stereocenters. The van der Waals surface area contributed by atoms with Gasteiger partial charge in [-0.2, -0.15) is 4.39 Å². The second kappa shape index (κ2) is 7.02. The standard InChI is InChI=1S/C19H17Cl2FN2O3/c20-11-2-1-9(6-12(11)21)24-19(27)17-13(25)7-10-16(18(10)26)15(17)8-3-4-23-14(22)5-8/h1-6,10,13,15-18,25-26H,7H2,(H,24,27)/t10-,13+,15-,16-,17+,18+/m1/s1. The van der Waals surface area contributed by atoms with E-state index in [0.29, 0.717) is 27.7 Å². The van der Waals surface area contributed by atoms with Crippen LogP contribution >= 0.6 is 23.2 Å². The van der Waals surface area contributed by atoms with Crippen LogP contribution in [0.1, 0.15) is 17.9 Å². The fourth-order valence-electron chi connectivity index (χ4n) is 4.25. The Hall–Kier alpha value is -1.73. The van der Waals surface area contributed by atoms with Crippen LogP contribution in [-0.4, -0.2) is 33.3 Å². The monoisotopic (exact) mass is 410 g/mol. The first-order valence-electron chi connectivity index (χ1n) is 8.60. The lowest BCUT2D eigenvalue weighted by Gasteiger charge is -2.34. The molecule has 0 aliphatic heterocycles. The van der Waals surface area contributed by atoms with Crippen molar-refractivity contribution in [2.45, 2.75) is 24.5 Å². The summed E-state index contributed by atoms with van der Waals surface area (Å²) in [7, 11) is 0. The van der Waals surface area contributed by atoms with Gasteiger partial charge in [0, 0.05) is 17.8 Å². The van der Waals surface area contributed by atoms with Crippen molar-refractivity contribution >= 4 is 34.8 Å². The van der Waals surface area contributed by atoms with Gasteiger partial charge >= 0.3 is 0 Å². The van der Waals surface area contributed by atoms with Crippen LogP contribution in [0.25, 0.3) is 0 Å². The number of aliphatic hydroxyl groups excluding tert-OH is 2. The minimum absolute atomic E-state index is 0.0877. The van der Waals surface area contributed by atoms with Gasteiger partial charge in [-0.15, -0.1) is 0 Å². The predicted octanol–water partition coefficient (Wildman–Crippen LogP) is 3.24. The second-order valence-corrected chi connectivity index (χ2v) is 7.93. The molecule has 1 aromatic heterocycles. The second-order valence-electron chi connectivity index (χ2n) is 7.12. The zero-order chi connectivity index (χ0) is 19.3. The third-order valence-electron chi connectivity index (χ3n) is 5.54. The summed E-state index contributed by atoms with van der Waals surface area (Å²) in [6.07, 6.45) is 0.0923. The Labute approximate surface area is 165 Å². The molecule has 4 rings (SSSR count). The number of hydrogen-bond acceptors (Lipinski definition) is 4. The van der Waals surface area contributed by atoms with E-state index in [2.05, 4.69) is 10.3 Å². The average Bonchev–Trinajstić information content (AvgIpc) is 3.26. The van der Waals surface area contributed by atoms with Crippen molar-refractivity contribution in [2.24, 2.45) is 17.8 Å². The van der Waals surface area contributed by atoms with Gasteiger partial charge in [-0.3, -0.25) is 4.79 Å². The molecule has 1 aromatic carbocycles. The van der Waals surface area contributed by atoms with Crippen LogP contribution in [0.3, 0.4) is 0 Å². The normalized spacial score (nSPS) is 31.9. The Kier molecular flexibility index (Phi) is 4.84. The van der Waals surface area contributed by atoms with Crippen molar-refractivity contribution in [1.29, 1.82) is 0 Å². The van der Waals surface area contributed by atoms with Gasteiger partial charge in [0.15, 0.2) is 0 Å². The van der Waals surface area contributed by atoms with Crippen LogP contribution < -0.4 is 5.32 Å².